The number of amides is 3. The van der Waals surface area contributed by atoms with Crippen molar-refractivity contribution in [3.63, 3.8) is 0 Å². The fourth-order valence-electron chi connectivity index (χ4n) is 5.43. The largest absolute Gasteiger partial charge is 0.497 e. The molecule has 3 amide bonds. The van der Waals surface area contributed by atoms with Crippen LogP contribution in [-0.4, -0.2) is 85.3 Å². The maximum Gasteiger partial charge on any atom is 0.257 e. The van der Waals surface area contributed by atoms with Crippen LogP contribution in [0, 0.1) is 0 Å². The Kier molecular flexibility index (Phi) is 7.88. The normalized spacial score (nSPS) is 22.5. The van der Waals surface area contributed by atoms with Gasteiger partial charge >= 0.3 is 0 Å². The minimum atomic E-state index is -0.997. The molecule has 5 rings (SSSR count). The predicted octanol–water partition coefficient (Wildman–Crippen LogP) is 3.12. The number of piperidine rings is 1. The Morgan fingerprint density at radius 1 is 1.08 bits per heavy atom. The molecule has 3 saturated heterocycles. The van der Waals surface area contributed by atoms with Crippen molar-refractivity contribution >= 4 is 29.3 Å². The van der Waals surface area contributed by atoms with Crippen LogP contribution in [0.15, 0.2) is 48.5 Å². The van der Waals surface area contributed by atoms with Gasteiger partial charge in [0.15, 0.2) is 0 Å². The van der Waals surface area contributed by atoms with Crippen LogP contribution in [0.4, 0.5) is 0 Å². The smallest absolute Gasteiger partial charge is 0.257 e. The van der Waals surface area contributed by atoms with E-state index in [1.807, 2.05) is 0 Å². The summed E-state index contributed by atoms with van der Waals surface area (Å²) >= 11 is 5.97. The van der Waals surface area contributed by atoms with Crippen molar-refractivity contribution in [1.82, 2.24) is 15.1 Å². The lowest BCUT2D eigenvalue weighted by Gasteiger charge is -2.44. The van der Waals surface area contributed by atoms with Crippen molar-refractivity contribution in [3.8, 4) is 5.75 Å². The van der Waals surface area contributed by atoms with Crippen LogP contribution in [0.3, 0.4) is 0 Å². The zero-order valence-corrected chi connectivity index (χ0v) is 22.1. The first kappa shape index (κ1) is 26.5. The van der Waals surface area contributed by atoms with Crippen LogP contribution in [0.1, 0.15) is 46.4 Å². The number of carbonyl (C=O) groups is 3. The average Bonchev–Trinajstić information content (AvgIpc) is 3.60. The number of nitrogens with one attached hydrogen (secondary N) is 1. The number of rotatable bonds is 6. The molecule has 3 aliphatic rings. The molecule has 2 aromatic rings. The number of nitrogens with zero attached hydrogens (tertiary/aromatic N) is 2. The van der Waals surface area contributed by atoms with Crippen molar-refractivity contribution in [3.05, 3.63) is 64.7 Å². The Morgan fingerprint density at radius 3 is 2.53 bits per heavy atom. The Bertz CT molecular complexity index is 1180. The molecule has 1 N–H and O–H groups in total. The summed E-state index contributed by atoms with van der Waals surface area (Å²) in [4.78, 5) is 43.7. The summed E-state index contributed by atoms with van der Waals surface area (Å²) in [6, 6.07) is 12.9. The van der Waals surface area contributed by atoms with Gasteiger partial charge in [-0.3, -0.25) is 19.3 Å². The van der Waals surface area contributed by atoms with Gasteiger partial charge in [0.05, 0.1) is 19.8 Å². The molecule has 202 valence electrons. The zero-order chi connectivity index (χ0) is 26.7. The van der Waals surface area contributed by atoms with Gasteiger partial charge in [-0.15, -0.1) is 0 Å². The molecule has 0 aromatic heterocycles. The second kappa shape index (κ2) is 11.3. The predicted molar refractivity (Wildman–Crippen MR) is 140 cm³/mol. The highest BCUT2D eigenvalue weighted by Crippen LogP contribution is 2.39. The average molecular weight is 542 g/mol. The Labute approximate surface area is 227 Å². The number of methoxy groups -OCH3 is 1. The minimum Gasteiger partial charge on any atom is -0.497 e. The van der Waals surface area contributed by atoms with E-state index in [1.54, 1.807) is 65.4 Å². The Hall–Kier alpha value is -3.14. The van der Waals surface area contributed by atoms with Crippen LogP contribution in [0.5, 0.6) is 5.75 Å². The number of carbonyl (C=O) groups excluding carboxylic acids is 3. The summed E-state index contributed by atoms with van der Waals surface area (Å²) in [6.45, 7) is 1.94. The van der Waals surface area contributed by atoms with Crippen LogP contribution < -0.4 is 10.1 Å². The van der Waals surface area contributed by atoms with Gasteiger partial charge in [0, 0.05) is 55.2 Å². The molecule has 3 heterocycles. The summed E-state index contributed by atoms with van der Waals surface area (Å²) in [5.74, 6) is -0.136. The third-order valence-electron chi connectivity index (χ3n) is 7.55. The lowest BCUT2D eigenvalue weighted by Crippen LogP contribution is -2.60. The number of hydrogen-bond donors (Lipinski definition) is 1. The molecule has 0 saturated carbocycles. The van der Waals surface area contributed by atoms with Crippen LogP contribution >= 0.6 is 11.6 Å². The fourth-order valence-corrected chi connectivity index (χ4v) is 5.56. The SMILES string of the molecule is COc1cccc(C(=O)N2[C@@H](C(=O)NC[C@@H]3CCCO3)COC23CCN(C(=O)c2ccc(Cl)cc2)CC3)c1. The summed E-state index contributed by atoms with van der Waals surface area (Å²) in [5, 5.41) is 3.53. The van der Waals surface area contributed by atoms with Crippen LogP contribution in [0.25, 0.3) is 0 Å². The van der Waals surface area contributed by atoms with Gasteiger partial charge in [-0.25, -0.2) is 0 Å². The third kappa shape index (κ3) is 5.36. The molecule has 2 aromatic carbocycles. The Morgan fingerprint density at radius 2 is 1.84 bits per heavy atom. The topological polar surface area (TPSA) is 97.4 Å². The molecule has 2 atom stereocenters. The van der Waals surface area contributed by atoms with E-state index in [-0.39, 0.29) is 30.4 Å². The summed E-state index contributed by atoms with van der Waals surface area (Å²) in [6.07, 6.45) is 2.63. The number of likely N-dealkylation sites (tertiary alicyclic amines) is 1. The quantitative estimate of drug-likeness (QED) is 0.603. The highest BCUT2D eigenvalue weighted by atomic mass is 35.5. The molecule has 9 nitrogen and oxygen atoms in total. The first-order valence-electron chi connectivity index (χ1n) is 13.0. The van der Waals surface area contributed by atoms with E-state index in [4.69, 9.17) is 25.8 Å². The van der Waals surface area contributed by atoms with Crippen molar-refractivity contribution in [1.29, 1.82) is 0 Å². The second-order valence-electron chi connectivity index (χ2n) is 9.86. The van der Waals surface area contributed by atoms with Crippen LogP contribution in [0.2, 0.25) is 5.02 Å². The first-order valence-corrected chi connectivity index (χ1v) is 13.3. The third-order valence-corrected chi connectivity index (χ3v) is 7.80. The van der Waals surface area contributed by atoms with Gasteiger partial charge < -0.3 is 24.4 Å². The molecule has 0 aliphatic carbocycles. The molecule has 3 fully saturated rings. The van der Waals surface area contributed by atoms with Crippen molar-refractivity contribution in [2.75, 3.05) is 40.0 Å². The van der Waals surface area contributed by atoms with E-state index < -0.39 is 11.8 Å². The molecule has 3 aliphatic heterocycles. The zero-order valence-electron chi connectivity index (χ0n) is 21.4. The van der Waals surface area contributed by atoms with E-state index in [2.05, 4.69) is 5.32 Å². The molecule has 0 bridgehead atoms. The fraction of sp³-hybridized carbons (Fsp3) is 0.464. The van der Waals surface area contributed by atoms with E-state index in [9.17, 15) is 14.4 Å². The molecular formula is C28H32ClN3O6. The van der Waals surface area contributed by atoms with Crippen molar-refractivity contribution in [2.45, 2.75) is 43.6 Å². The second-order valence-corrected chi connectivity index (χ2v) is 10.3. The number of halogens is 1. The number of benzene rings is 2. The lowest BCUT2D eigenvalue weighted by atomic mass is 9.96. The maximum atomic E-state index is 13.9. The van der Waals surface area contributed by atoms with Gasteiger partial charge in [0.25, 0.3) is 11.8 Å². The van der Waals surface area contributed by atoms with Gasteiger partial charge in [-0.2, -0.15) is 0 Å². The van der Waals surface area contributed by atoms with Gasteiger partial charge in [0.1, 0.15) is 17.5 Å². The van der Waals surface area contributed by atoms with Gasteiger partial charge in [0.2, 0.25) is 5.91 Å². The van der Waals surface area contributed by atoms with Gasteiger partial charge in [-0.05, 0) is 55.3 Å². The number of ether oxygens (including phenoxy) is 3. The molecule has 0 unspecified atom stereocenters. The van der Waals surface area contributed by atoms with E-state index in [1.165, 1.54) is 0 Å². The monoisotopic (exact) mass is 541 g/mol. The summed E-state index contributed by atoms with van der Waals surface area (Å²) < 4.78 is 17.2. The molecule has 0 radical (unpaired) electrons. The van der Waals surface area contributed by atoms with Crippen LogP contribution in [-0.2, 0) is 14.3 Å². The van der Waals surface area contributed by atoms with E-state index in [0.29, 0.717) is 61.0 Å². The highest BCUT2D eigenvalue weighted by Gasteiger charge is 2.54. The van der Waals surface area contributed by atoms with E-state index >= 15 is 0 Å². The number of hydrogen-bond acceptors (Lipinski definition) is 6. The molecular weight excluding hydrogens is 510 g/mol. The van der Waals surface area contributed by atoms with Crippen molar-refractivity contribution < 1.29 is 28.6 Å². The minimum absolute atomic E-state index is 0.0140. The standard InChI is InChI=1S/C28H32ClN3O6/c1-36-22-5-2-4-20(16-22)27(35)32-24(25(33)30-17-23-6-3-15-37-23)18-38-28(32)11-13-31(14-12-28)26(34)19-7-9-21(29)10-8-19/h2,4-5,7-10,16,23-24H,3,6,11-15,17-18H2,1H3,(H,30,33)/t23-,24+/m0/s1. The summed E-state index contributed by atoms with van der Waals surface area (Å²) in [5.41, 5.74) is -0.0396. The van der Waals surface area contributed by atoms with Crippen molar-refractivity contribution in [2.24, 2.45) is 0 Å². The highest BCUT2D eigenvalue weighted by molar-refractivity contribution is 6.30. The molecule has 38 heavy (non-hydrogen) atoms. The first-order chi connectivity index (χ1) is 18.4. The maximum absolute atomic E-state index is 13.9. The Balaban J connectivity index is 1.35. The lowest BCUT2D eigenvalue weighted by molar-refractivity contribution is -0.128. The van der Waals surface area contributed by atoms with E-state index in [0.717, 1.165) is 12.8 Å². The van der Waals surface area contributed by atoms with Gasteiger partial charge in [-0.1, -0.05) is 17.7 Å². The summed E-state index contributed by atoms with van der Waals surface area (Å²) in [7, 11) is 1.54. The molecule has 1 spiro atoms. The molecule has 10 heteroatoms.